The minimum absolute atomic E-state index is 0.168. The van der Waals surface area contributed by atoms with Crippen molar-refractivity contribution >= 4 is 29.2 Å². The quantitative estimate of drug-likeness (QED) is 0.799. The average Bonchev–Trinajstić information content (AvgIpc) is 3.05. The number of benzene rings is 2. The first kappa shape index (κ1) is 18.5. The lowest BCUT2D eigenvalue weighted by Crippen LogP contribution is -2.30. The van der Waals surface area contributed by atoms with Gasteiger partial charge in [0.1, 0.15) is 0 Å². The maximum Gasteiger partial charge on any atom is 0.311 e. The number of rotatable bonds is 5. The molecule has 1 aliphatic carbocycles. The molecular formula is C21H22ClNO3. The summed E-state index contributed by atoms with van der Waals surface area (Å²) in [7, 11) is 0. The highest BCUT2D eigenvalue weighted by molar-refractivity contribution is 6.31. The third kappa shape index (κ3) is 4.44. The van der Waals surface area contributed by atoms with Crippen molar-refractivity contribution in [3.8, 4) is 0 Å². The van der Waals surface area contributed by atoms with E-state index in [1.165, 1.54) is 17.5 Å². The number of hydrogen-bond donors (Lipinski definition) is 1. The fraction of sp³-hybridized carbons (Fsp3) is 0.333. The Morgan fingerprint density at radius 3 is 2.73 bits per heavy atom. The summed E-state index contributed by atoms with van der Waals surface area (Å²) in [6.45, 7) is 3.44. The molecule has 1 atom stereocenters. The van der Waals surface area contributed by atoms with Gasteiger partial charge < -0.3 is 10.1 Å². The molecule has 26 heavy (non-hydrogen) atoms. The lowest BCUT2D eigenvalue weighted by Gasteiger charge is -2.15. The first-order valence-corrected chi connectivity index (χ1v) is 9.17. The van der Waals surface area contributed by atoms with E-state index in [1.807, 2.05) is 19.1 Å². The van der Waals surface area contributed by atoms with Crippen LogP contribution < -0.4 is 5.32 Å². The number of amides is 1. The Hall–Kier alpha value is -2.33. The number of fused-ring (bicyclic) bond motifs is 1. The fourth-order valence-electron chi connectivity index (χ4n) is 3.16. The maximum absolute atomic E-state index is 12.3. The lowest BCUT2D eigenvalue weighted by molar-refractivity contribution is -0.152. The second-order valence-electron chi connectivity index (χ2n) is 6.71. The molecule has 0 bridgehead atoms. The number of hydrogen-bond acceptors (Lipinski definition) is 3. The van der Waals surface area contributed by atoms with Crippen LogP contribution in [0.25, 0.3) is 0 Å². The smallest absolute Gasteiger partial charge is 0.311 e. The van der Waals surface area contributed by atoms with Crippen molar-refractivity contribution in [3.05, 3.63) is 63.7 Å². The van der Waals surface area contributed by atoms with Crippen LogP contribution >= 0.6 is 11.6 Å². The second kappa shape index (κ2) is 7.92. The number of ether oxygens (including phenoxy) is 1. The van der Waals surface area contributed by atoms with E-state index in [2.05, 4.69) is 17.4 Å². The van der Waals surface area contributed by atoms with E-state index >= 15 is 0 Å². The Morgan fingerprint density at radius 1 is 1.15 bits per heavy atom. The van der Waals surface area contributed by atoms with Crippen LogP contribution in [0.4, 0.5) is 5.69 Å². The number of nitrogens with one attached hydrogen (secondary N) is 1. The number of carbonyl (C=O) groups excluding carboxylic acids is 2. The van der Waals surface area contributed by atoms with Crippen LogP contribution in [0.5, 0.6) is 0 Å². The van der Waals surface area contributed by atoms with Crippen molar-refractivity contribution in [1.29, 1.82) is 0 Å². The van der Waals surface area contributed by atoms with Gasteiger partial charge in [0.05, 0.1) is 6.42 Å². The standard InChI is InChI=1S/C21H22ClNO3/c1-13-6-9-18(22)12-19(13)23-21(25)14(2)26-20(24)11-15-7-8-16-4-3-5-17(16)10-15/h6-10,12,14H,3-5,11H2,1-2H3,(H,23,25)/t14-/m0/s1. The summed E-state index contributed by atoms with van der Waals surface area (Å²) < 4.78 is 5.29. The van der Waals surface area contributed by atoms with Gasteiger partial charge in [-0.05, 0) is 67.5 Å². The van der Waals surface area contributed by atoms with Gasteiger partial charge in [-0.3, -0.25) is 9.59 Å². The molecule has 1 aliphatic rings. The van der Waals surface area contributed by atoms with Gasteiger partial charge in [0.2, 0.25) is 0 Å². The number of carbonyl (C=O) groups is 2. The first-order valence-electron chi connectivity index (χ1n) is 8.79. The minimum Gasteiger partial charge on any atom is -0.452 e. The lowest BCUT2D eigenvalue weighted by atomic mass is 10.0. The predicted molar refractivity (Wildman–Crippen MR) is 103 cm³/mol. The van der Waals surface area contributed by atoms with Crippen LogP contribution in [0.15, 0.2) is 36.4 Å². The largest absolute Gasteiger partial charge is 0.452 e. The normalized spacial score (nSPS) is 13.8. The minimum atomic E-state index is -0.879. The summed E-state index contributed by atoms with van der Waals surface area (Å²) in [6, 6.07) is 11.4. The summed E-state index contributed by atoms with van der Waals surface area (Å²) >= 11 is 5.96. The van der Waals surface area contributed by atoms with Crippen LogP contribution in [0.1, 0.15) is 35.6 Å². The maximum atomic E-state index is 12.3. The van der Waals surface area contributed by atoms with Gasteiger partial charge in [-0.2, -0.15) is 0 Å². The van der Waals surface area contributed by atoms with E-state index < -0.39 is 12.1 Å². The van der Waals surface area contributed by atoms with Crippen LogP contribution in [0, 0.1) is 6.92 Å². The molecule has 0 spiro atoms. The third-order valence-corrected chi connectivity index (χ3v) is 4.88. The zero-order valence-electron chi connectivity index (χ0n) is 15.0. The Kier molecular flexibility index (Phi) is 5.62. The Bertz CT molecular complexity index is 847. The summed E-state index contributed by atoms with van der Waals surface area (Å²) in [5, 5.41) is 3.29. The molecule has 3 rings (SSSR count). The number of aryl methyl sites for hydroxylation is 3. The summed E-state index contributed by atoms with van der Waals surface area (Å²) in [5.74, 6) is -0.786. The predicted octanol–water partition coefficient (Wildman–Crippen LogP) is 4.25. The Balaban J connectivity index is 1.56. The molecule has 0 saturated carbocycles. The molecule has 2 aromatic carbocycles. The van der Waals surface area contributed by atoms with Crippen molar-refractivity contribution in [2.24, 2.45) is 0 Å². The van der Waals surface area contributed by atoms with Crippen LogP contribution in [-0.2, 0) is 33.6 Å². The van der Waals surface area contributed by atoms with E-state index in [0.717, 1.165) is 24.0 Å². The molecule has 0 radical (unpaired) electrons. The van der Waals surface area contributed by atoms with Crippen molar-refractivity contribution in [1.82, 2.24) is 0 Å². The van der Waals surface area contributed by atoms with E-state index in [1.54, 1.807) is 19.1 Å². The van der Waals surface area contributed by atoms with Crippen molar-refractivity contribution in [3.63, 3.8) is 0 Å². The molecule has 0 saturated heterocycles. The first-order chi connectivity index (χ1) is 12.4. The Labute approximate surface area is 158 Å². The van der Waals surface area contributed by atoms with Gasteiger partial charge in [-0.25, -0.2) is 0 Å². The molecule has 1 N–H and O–H groups in total. The van der Waals surface area contributed by atoms with Crippen molar-refractivity contribution in [2.75, 3.05) is 5.32 Å². The highest BCUT2D eigenvalue weighted by atomic mass is 35.5. The number of halogens is 1. The molecule has 1 amide bonds. The topological polar surface area (TPSA) is 55.4 Å². The molecule has 0 fully saturated rings. The van der Waals surface area contributed by atoms with E-state index in [-0.39, 0.29) is 12.3 Å². The molecule has 0 aliphatic heterocycles. The molecule has 0 aromatic heterocycles. The van der Waals surface area contributed by atoms with Gasteiger partial charge in [0, 0.05) is 10.7 Å². The summed E-state index contributed by atoms with van der Waals surface area (Å²) in [4.78, 5) is 24.5. The SMILES string of the molecule is Cc1ccc(Cl)cc1NC(=O)[C@H](C)OC(=O)Cc1ccc2c(c1)CCC2. The fourth-order valence-corrected chi connectivity index (χ4v) is 3.33. The number of anilines is 1. The van der Waals surface area contributed by atoms with Gasteiger partial charge >= 0.3 is 5.97 Å². The van der Waals surface area contributed by atoms with E-state index in [9.17, 15) is 9.59 Å². The zero-order chi connectivity index (χ0) is 18.7. The molecule has 0 unspecified atom stereocenters. The average molecular weight is 372 g/mol. The molecule has 136 valence electrons. The van der Waals surface area contributed by atoms with E-state index in [0.29, 0.717) is 10.7 Å². The van der Waals surface area contributed by atoms with Gasteiger partial charge in [-0.15, -0.1) is 0 Å². The highest BCUT2D eigenvalue weighted by Crippen LogP contribution is 2.23. The monoisotopic (exact) mass is 371 g/mol. The molecule has 5 heteroatoms. The van der Waals surface area contributed by atoms with Crippen LogP contribution in [0.3, 0.4) is 0 Å². The summed E-state index contributed by atoms with van der Waals surface area (Å²) in [5.41, 5.74) is 5.11. The molecular weight excluding hydrogens is 350 g/mol. The zero-order valence-corrected chi connectivity index (χ0v) is 15.7. The highest BCUT2D eigenvalue weighted by Gasteiger charge is 2.19. The van der Waals surface area contributed by atoms with Gasteiger partial charge in [-0.1, -0.05) is 35.9 Å². The third-order valence-electron chi connectivity index (χ3n) is 4.65. The molecule has 0 heterocycles. The summed E-state index contributed by atoms with van der Waals surface area (Å²) in [6.07, 6.45) is 2.64. The van der Waals surface area contributed by atoms with Crippen LogP contribution in [-0.4, -0.2) is 18.0 Å². The van der Waals surface area contributed by atoms with Gasteiger partial charge in [0.25, 0.3) is 5.91 Å². The van der Waals surface area contributed by atoms with Crippen molar-refractivity contribution < 1.29 is 14.3 Å². The van der Waals surface area contributed by atoms with Crippen molar-refractivity contribution in [2.45, 2.75) is 45.6 Å². The molecule has 4 nitrogen and oxygen atoms in total. The van der Waals surface area contributed by atoms with Gasteiger partial charge in [0.15, 0.2) is 6.10 Å². The second-order valence-corrected chi connectivity index (χ2v) is 7.15. The van der Waals surface area contributed by atoms with E-state index in [4.69, 9.17) is 16.3 Å². The number of esters is 1. The van der Waals surface area contributed by atoms with Crippen LogP contribution in [0.2, 0.25) is 5.02 Å². The Morgan fingerprint density at radius 2 is 1.92 bits per heavy atom. The molecule has 2 aromatic rings.